The minimum Gasteiger partial charge on any atom is -0.497 e. The molecular formula is C25H35N3O2. The van der Waals surface area contributed by atoms with E-state index in [2.05, 4.69) is 46.4 Å². The first kappa shape index (κ1) is 22.3. The second-order valence-electron chi connectivity index (χ2n) is 8.48. The number of piperidine rings is 1. The van der Waals surface area contributed by atoms with Gasteiger partial charge in [-0.3, -0.25) is 4.79 Å². The molecule has 2 aromatic carbocycles. The maximum atomic E-state index is 11.1. The van der Waals surface area contributed by atoms with E-state index in [4.69, 9.17) is 4.74 Å². The van der Waals surface area contributed by atoms with Gasteiger partial charge in [-0.1, -0.05) is 24.3 Å². The van der Waals surface area contributed by atoms with E-state index < -0.39 is 0 Å². The van der Waals surface area contributed by atoms with Gasteiger partial charge >= 0.3 is 0 Å². The molecular weight excluding hydrogens is 374 g/mol. The van der Waals surface area contributed by atoms with Crippen LogP contribution in [0.3, 0.4) is 0 Å². The van der Waals surface area contributed by atoms with Crippen molar-refractivity contribution in [1.82, 2.24) is 9.80 Å². The summed E-state index contributed by atoms with van der Waals surface area (Å²) in [5.41, 5.74) is 3.50. The molecule has 3 rings (SSSR count). The van der Waals surface area contributed by atoms with Gasteiger partial charge in [-0.15, -0.1) is 0 Å². The number of nitrogens with one attached hydrogen (secondary N) is 1. The van der Waals surface area contributed by atoms with Crippen molar-refractivity contribution in [2.75, 3.05) is 45.7 Å². The largest absolute Gasteiger partial charge is 0.497 e. The molecule has 1 amide bonds. The number of methoxy groups -OCH3 is 1. The summed E-state index contributed by atoms with van der Waals surface area (Å²) in [5, 5.41) is 2.82. The third-order valence-corrected chi connectivity index (χ3v) is 5.78. The molecule has 0 aromatic heterocycles. The zero-order valence-corrected chi connectivity index (χ0v) is 18.6. The normalized spacial score (nSPS) is 17.1. The third kappa shape index (κ3) is 7.15. The molecule has 162 valence electrons. The fourth-order valence-electron chi connectivity index (χ4n) is 4.30. The Morgan fingerprint density at radius 2 is 1.83 bits per heavy atom. The number of carbonyl (C=O) groups is 1. The second-order valence-corrected chi connectivity index (χ2v) is 8.48. The van der Waals surface area contributed by atoms with Crippen molar-refractivity contribution in [2.45, 2.75) is 32.7 Å². The minimum atomic E-state index is -0.0336. The zero-order chi connectivity index (χ0) is 21.3. The molecule has 1 fully saturated rings. The molecule has 0 saturated carbocycles. The van der Waals surface area contributed by atoms with Crippen LogP contribution in [-0.2, 0) is 17.8 Å². The molecule has 1 heterocycles. The molecule has 1 N–H and O–H groups in total. The van der Waals surface area contributed by atoms with Gasteiger partial charge in [0.1, 0.15) is 5.75 Å². The standard InChI is InChI=1S/C25H35N3O2/c1-20(29)26-24-10-6-22(7-11-24)17-27(2)18-23-5-4-15-28(19-23)16-14-21-8-12-25(30-3)13-9-21/h6-13,23H,4-5,14-19H2,1-3H3,(H,26,29). The lowest BCUT2D eigenvalue weighted by molar-refractivity contribution is -0.114. The van der Waals surface area contributed by atoms with Crippen LogP contribution in [0.1, 0.15) is 30.9 Å². The Hall–Kier alpha value is -2.37. The van der Waals surface area contributed by atoms with Crippen molar-refractivity contribution in [1.29, 1.82) is 0 Å². The minimum absolute atomic E-state index is 0.0336. The summed E-state index contributed by atoms with van der Waals surface area (Å²) >= 11 is 0. The molecule has 1 aliphatic heterocycles. The molecule has 2 aromatic rings. The first-order chi connectivity index (χ1) is 14.5. The van der Waals surface area contributed by atoms with Gasteiger partial charge in [0, 0.05) is 38.8 Å². The molecule has 0 bridgehead atoms. The smallest absolute Gasteiger partial charge is 0.221 e. The van der Waals surface area contributed by atoms with E-state index in [0.29, 0.717) is 0 Å². The fourth-order valence-corrected chi connectivity index (χ4v) is 4.30. The molecule has 0 spiro atoms. The quantitative estimate of drug-likeness (QED) is 0.679. The maximum absolute atomic E-state index is 11.1. The van der Waals surface area contributed by atoms with Gasteiger partial charge in [0.2, 0.25) is 5.91 Å². The number of benzene rings is 2. The molecule has 5 heteroatoms. The van der Waals surface area contributed by atoms with E-state index in [1.165, 1.54) is 44.0 Å². The Labute approximate surface area is 181 Å². The van der Waals surface area contributed by atoms with Gasteiger partial charge in [-0.25, -0.2) is 0 Å². The Kier molecular flexibility index (Phi) is 8.29. The average Bonchev–Trinajstić information content (AvgIpc) is 2.74. The lowest BCUT2D eigenvalue weighted by atomic mass is 9.97. The number of rotatable bonds is 9. The zero-order valence-electron chi connectivity index (χ0n) is 18.6. The molecule has 30 heavy (non-hydrogen) atoms. The fraction of sp³-hybridized carbons (Fsp3) is 0.480. The number of anilines is 1. The predicted molar refractivity (Wildman–Crippen MR) is 123 cm³/mol. The highest BCUT2D eigenvalue weighted by atomic mass is 16.5. The first-order valence-electron chi connectivity index (χ1n) is 10.9. The lowest BCUT2D eigenvalue weighted by Crippen LogP contribution is -2.40. The Morgan fingerprint density at radius 1 is 1.13 bits per heavy atom. The summed E-state index contributed by atoms with van der Waals surface area (Å²) in [6.07, 6.45) is 3.69. The van der Waals surface area contributed by atoms with E-state index in [-0.39, 0.29) is 5.91 Å². The summed E-state index contributed by atoms with van der Waals surface area (Å²) in [7, 11) is 3.92. The van der Waals surface area contributed by atoms with Crippen LogP contribution in [0.5, 0.6) is 5.75 Å². The van der Waals surface area contributed by atoms with Crippen molar-refractivity contribution in [3.05, 3.63) is 59.7 Å². The van der Waals surface area contributed by atoms with Gasteiger partial charge < -0.3 is 19.9 Å². The molecule has 1 aliphatic rings. The van der Waals surface area contributed by atoms with Crippen LogP contribution in [0.2, 0.25) is 0 Å². The van der Waals surface area contributed by atoms with Gasteiger partial charge in [0.15, 0.2) is 0 Å². The summed E-state index contributed by atoms with van der Waals surface area (Å²) in [6.45, 7) is 7.10. The number of hydrogen-bond donors (Lipinski definition) is 1. The van der Waals surface area contributed by atoms with Crippen molar-refractivity contribution in [3.63, 3.8) is 0 Å². The number of nitrogens with zero attached hydrogens (tertiary/aromatic N) is 2. The predicted octanol–water partition coefficient (Wildman–Crippen LogP) is 4.04. The molecule has 1 saturated heterocycles. The molecule has 0 radical (unpaired) electrons. The maximum Gasteiger partial charge on any atom is 0.221 e. The van der Waals surface area contributed by atoms with Crippen LogP contribution in [0.4, 0.5) is 5.69 Å². The van der Waals surface area contributed by atoms with E-state index in [0.717, 1.165) is 43.4 Å². The molecule has 5 nitrogen and oxygen atoms in total. The van der Waals surface area contributed by atoms with Crippen molar-refractivity contribution >= 4 is 11.6 Å². The summed E-state index contributed by atoms with van der Waals surface area (Å²) in [4.78, 5) is 16.2. The highest BCUT2D eigenvalue weighted by molar-refractivity contribution is 5.88. The topological polar surface area (TPSA) is 44.8 Å². The third-order valence-electron chi connectivity index (χ3n) is 5.78. The average molecular weight is 410 g/mol. The number of likely N-dealkylation sites (tertiary alicyclic amines) is 1. The van der Waals surface area contributed by atoms with E-state index >= 15 is 0 Å². The number of hydrogen-bond acceptors (Lipinski definition) is 4. The van der Waals surface area contributed by atoms with Gasteiger partial charge in [0.25, 0.3) is 0 Å². The SMILES string of the molecule is COc1ccc(CCN2CCCC(CN(C)Cc3ccc(NC(C)=O)cc3)C2)cc1. The Morgan fingerprint density at radius 3 is 2.50 bits per heavy atom. The van der Waals surface area contributed by atoms with Crippen LogP contribution in [0.15, 0.2) is 48.5 Å². The van der Waals surface area contributed by atoms with Crippen LogP contribution in [-0.4, -0.2) is 56.0 Å². The van der Waals surface area contributed by atoms with Gasteiger partial charge in [0.05, 0.1) is 7.11 Å². The molecule has 1 unspecified atom stereocenters. The Bertz CT molecular complexity index is 789. The summed E-state index contributed by atoms with van der Waals surface area (Å²) in [6, 6.07) is 16.6. The van der Waals surface area contributed by atoms with Crippen LogP contribution in [0, 0.1) is 5.92 Å². The number of ether oxygens (including phenoxy) is 1. The van der Waals surface area contributed by atoms with Crippen molar-refractivity contribution in [3.8, 4) is 5.75 Å². The van der Waals surface area contributed by atoms with E-state index in [1.807, 2.05) is 24.3 Å². The second kappa shape index (κ2) is 11.1. The van der Waals surface area contributed by atoms with E-state index in [1.54, 1.807) is 7.11 Å². The molecule has 1 atom stereocenters. The number of amides is 1. The van der Waals surface area contributed by atoms with Crippen molar-refractivity contribution in [2.24, 2.45) is 5.92 Å². The number of carbonyl (C=O) groups excluding carboxylic acids is 1. The van der Waals surface area contributed by atoms with E-state index in [9.17, 15) is 4.79 Å². The van der Waals surface area contributed by atoms with Crippen LogP contribution < -0.4 is 10.1 Å². The highest BCUT2D eigenvalue weighted by Crippen LogP contribution is 2.20. The Balaban J connectivity index is 1.42. The van der Waals surface area contributed by atoms with Gasteiger partial charge in [-0.2, -0.15) is 0 Å². The van der Waals surface area contributed by atoms with Crippen LogP contribution >= 0.6 is 0 Å². The lowest BCUT2D eigenvalue weighted by Gasteiger charge is -2.34. The monoisotopic (exact) mass is 409 g/mol. The van der Waals surface area contributed by atoms with Gasteiger partial charge in [-0.05, 0) is 74.2 Å². The first-order valence-corrected chi connectivity index (χ1v) is 10.9. The summed E-state index contributed by atoms with van der Waals surface area (Å²) < 4.78 is 5.25. The highest BCUT2D eigenvalue weighted by Gasteiger charge is 2.21. The molecule has 0 aliphatic carbocycles. The van der Waals surface area contributed by atoms with Crippen LogP contribution in [0.25, 0.3) is 0 Å². The van der Waals surface area contributed by atoms with Crippen molar-refractivity contribution < 1.29 is 9.53 Å². The summed E-state index contributed by atoms with van der Waals surface area (Å²) in [5.74, 6) is 1.61.